The predicted molar refractivity (Wildman–Crippen MR) is 130 cm³/mol. The third kappa shape index (κ3) is 5.78. The van der Waals surface area contributed by atoms with Gasteiger partial charge in [-0.15, -0.1) is 0 Å². The summed E-state index contributed by atoms with van der Waals surface area (Å²) in [5.74, 6) is 1.59. The molecule has 184 valence electrons. The molecule has 35 heavy (non-hydrogen) atoms. The summed E-state index contributed by atoms with van der Waals surface area (Å²) in [7, 11) is -2.48. The summed E-state index contributed by atoms with van der Waals surface area (Å²) in [5, 5.41) is 2.71. The quantitative estimate of drug-likeness (QED) is 0.429. The van der Waals surface area contributed by atoms with Crippen molar-refractivity contribution in [2.75, 3.05) is 44.3 Å². The molecule has 0 aliphatic carbocycles. The molecule has 1 amide bonds. The van der Waals surface area contributed by atoms with Gasteiger partial charge in [0, 0.05) is 6.07 Å². The average molecular weight is 499 g/mol. The first-order valence-corrected chi connectivity index (χ1v) is 12.4. The number of rotatable bonds is 10. The maximum Gasteiger partial charge on any atom is 0.264 e. The van der Waals surface area contributed by atoms with Gasteiger partial charge in [0.1, 0.15) is 26.4 Å². The van der Waals surface area contributed by atoms with E-state index in [1.54, 1.807) is 55.6 Å². The Bertz CT molecular complexity index is 1270. The third-order valence-corrected chi connectivity index (χ3v) is 6.97. The molecule has 1 N–H and O–H groups in total. The Kier molecular flexibility index (Phi) is 7.61. The van der Waals surface area contributed by atoms with Gasteiger partial charge in [0.05, 0.1) is 24.2 Å². The van der Waals surface area contributed by atoms with Crippen molar-refractivity contribution >= 4 is 21.6 Å². The van der Waals surface area contributed by atoms with Gasteiger partial charge in [-0.05, 0) is 36.4 Å². The second-order valence-electron chi connectivity index (χ2n) is 7.50. The van der Waals surface area contributed by atoms with Gasteiger partial charge in [0.15, 0.2) is 23.0 Å². The minimum absolute atomic E-state index is 0.0715. The lowest BCUT2D eigenvalue weighted by Crippen LogP contribution is -2.42. The Labute approximate surface area is 204 Å². The third-order valence-electron chi connectivity index (χ3n) is 5.18. The molecule has 0 spiro atoms. The van der Waals surface area contributed by atoms with E-state index in [1.807, 2.05) is 12.1 Å². The maximum atomic E-state index is 13.5. The van der Waals surface area contributed by atoms with E-state index in [9.17, 15) is 13.2 Å². The second kappa shape index (κ2) is 11.0. The van der Waals surface area contributed by atoms with Crippen molar-refractivity contribution in [3.8, 4) is 23.0 Å². The van der Waals surface area contributed by atoms with Gasteiger partial charge < -0.3 is 24.3 Å². The summed E-state index contributed by atoms with van der Waals surface area (Å²) < 4.78 is 50.0. The van der Waals surface area contributed by atoms with E-state index >= 15 is 0 Å². The van der Waals surface area contributed by atoms with Crippen LogP contribution in [0.15, 0.2) is 77.7 Å². The number of hydrogen-bond donors (Lipinski definition) is 1. The molecule has 1 aliphatic rings. The van der Waals surface area contributed by atoms with Crippen molar-refractivity contribution in [1.82, 2.24) is 5.32 Å². The van der Waals surface area contributed by atoms with E-state index in [2.05, 4.69) is 5.32 Å². The number of sulfonamides is 1. The number of anilines is 1. The number of para-hydroxylation sites is 2. The fourth-order valence-corrected chi connectivity index (χ4v) is 4.93. The number of benzene rings is 3. The van der Waals surface area contributed by atoms with Crippen LogP contribution in [-0.2, 0) is 14.8 Å². The highest BCUT2D eigenvalue weighted by atomic mass is 32.2. The molecule has 0 atom stereocenters. The van der Waals surface area contributed by atoms with Crippen molar-refractivity contribution in [1.29, 1.82) is 0 Å². The Hall–Kier alpha value is -3.92. The molecule has 0 radical (unpaired) electrons. The summed E-state index contributed by atoms with van der Waals surface area (Å²) >= 11 is 0. The van der Waals surface area contributed by atoms with E-state index in [0.717, 1.165) is 4.31 Å². The van der Waals surface area contributed by atoms with Crippen LogP contribution >= 0.6 is 0 Å². The van der Waals surface area contributed by atoms with E-state index in [0.29, 0.717) is 41.9 Å². The first kappa shape index (κ1) is 24.2. The SMILES string of the molecule is COc1ccccc1OCCNC(=O)CN(c1ccc2c(c1)OCCO2)S(=O)(=O)c1ccccc1. The highest BCUT2D eigenvalue weighted by molar-refractivity contribution is 7.92. The number of fused-ring (bicyclic) bond motifs is 1. The molecule has 1 aliphatic heterocycles. The van der Waals surface area contributed by atoms with Crippen LogP contribution in [0.4, 0.5) is 5.69 Å². The molecular weight excluding hydrogens is 472 g/mol. The predicted octanol–water partition coefficient (Wildman–Crippen LogP) is 2.86. The van der Waals surface area contributed by atoms with Crippen molar-refractivity contribution < 1.29 is 32.2 Å². The van der Waals surface area contributed by atoms with Crippen molar-refractivity contribution in [2.24, 2.45) is 0 Å². The normalized spacial score (nSPS) is 12.5. The lowest BCUT2D eigenvalue weighted by Gasteiger charge is -2.26. The average Bonchev–Trinajstić information content (AvgIpc) is 2.90. The number of amides is 1. The molecule has 0 fully saturated rings. The van der Waals surface area contributed by atoms with Gasteiger partial charge >= 0.3 is 0 Å². The molecule has 0 saturated carbocycles. The first-order valence-electron chi connectivity index (χ1n) is 11.0. The molecule has 3 aromatic rings. The lowest BCUT2D eigenvalue weighted by molar-refractivity contribution is -0.119. The number of nitrogens with one attached hydrogen (secondary N) is 1. The van der Waals surface area contributed by atoms with Crippen molar-refractivity contribution in [3.05, 3.63) is 72.8 Å². The summed E-state index contributed by atoms with van der Waals surface area (Å²) in [6.45, 7) is 0.705. The van der Waals surface area contributed by atoms with Crippen LogP contribution in [0.2, 0.25) is 0 Å². The van der Waals surface area contributed by atoms with E-state index in [-0.39, 0.29) is 18.0 Å². The van der Waals surface area contributed by atoms with Gasteiger partial charge in [-0.3, -0.25) is 9.10 Å². The number of nitrogens with zero attached hydrogens (tertiary/aromatic N) is 1. The monoisotopic (exact) mass is 498 g/mol. The molecule has 0 unspecified atom stereocenters. The molecule has 0 aromatic heterocycles. The van der Waals surface area contributed by atoms with Crippen LogP contribution in [0.1, 0.15) is 0 Å². The fraction of sp³-hybridized carbons (Fsp3) is 0.240. The van der Waals surface area contributed by atoms with Crippen molar-refractivity contribution in [2.45, 2.75) is 4.90 Å². The molecular formula is C25H26N2O7S. The largest absolute Gasteiger partial charge is 0.493 e. The molecule has 10 heteroatoms. The molecule has 9 nitrogen and oxygen atoms in total. The van der Waals surface area contributed by atoms with Gasteiger partial charge in [-0.2, -0.15) is 0 Å². The first-order chi connectivity index (χ1) is 17.0. The Morgan fingerprint density at radius 2 is 1.63 bits per heavy atom. The summed E-state index contributed by atoms with van der Waals surface area (Å²) in [6, 6.07) is 19.9. The molecule has 3 aromatic carbocycles. The number of carbonyl (C=O) groups excluding carboxylic acids is 1. The van der Waals surface area contributed by atoms with Crippen LogP contribution in [0.25, 0.3) is 0 Å². The second-order valence-corrected chi connectivity index (χ2v) is 9.36. The van der Waals surface area contributed by atoms with Crippen molar-refractivity contribution in [3.63, 3.8) is 0 Å². The van der Waals surface area contributed by atoms with Crippen LogP contribution in [0, 0.1) is 0 Å². The van der Waals surface area contributed by atoms with Gasteiger partial charge in [-0.1, -0.05) is 30.3 Å². The highest BCUT2D eigenvalue weighted by Crippen LogP contribution is 2.35. The Morgan fingerprint density at radius 1 is 0.943 bits per heavy atom. The van der Waals surface area contributed by atoms with E-state index in [1.165, 1.54) is 12.1 Å². The number of carbonyl (C=O) groups is 1. The Morgan fingerprint density at radius 3 is 2.37 bits per heavy atom. The summed E-state index contributed by atoms with van der Waals surface area (Å²) in [4.78, 5) is 12.8. The lowest BCUT2D eigenvalue weighted by atomic mass is 10.2. The van der Waals surface area contributed by atoms with Crippen LogP contribution in [0.5, 0.6) is 23.0 Å². The zero-order valence-electron chi connectivity index (χ0n) is 19.2. The van der Waals surface area contributed by atoms with Gasteiger partial charge in [-0.25, -0.2) is 8.42 Å². The molecule has 1 heterocycles. The Balaban J connectivity index is 1.48. The summed E-state index contributed by atoms with van der Waals surface area (Å²) in [6.07, 6.45) is 0. The maximum absolute atomic E-state index is 13.5. The van der Waals surface area contributed by atoms with E-state index in [4.69, 9.17) is 18.9 Å². The zero-order chi connectivity index (χ0) is 24.7. The van der Waals surface area contributed by atoms with Crippen LogP contribution < -0.4 is 28.6 Å². The zero-order valence-corrected chi connectivity index (χ0v) is 20.0. The van der Waals surface area contributed by atoms with Crippen LogP contribution in [0.3, 0.4) is 0 Å². The topological polar surface area (TPSA) is 103 Å². The standard InChI is InChI=1S/C25H26N2O7S/c1-31-21-9-5-6-10-22(21)32-14-13-26-25(28)18-27(35(29,30)20-7-3-2-4-8-20)19-11-12-23-24(17-19)34-16-15-33-23/h2-12,17H,13-16,18H2,1H3,(H,26,28). The van der Waals surface area contributed by atoms with Gasteiger partial charge in [0.25, 0.3) is 10.0 Å². The number of ether oxygens (including phenoxy) is 4. The minimum atomic E-state index is -4.03. The molecule has 0 saturated heterocycles. The fourth-order valence-electron chi connectivity index (χ4n) is 3.50. The van der Waals surface area contributed by atoms with Crippen LogP contribution in [-0.4, -0.2) is 54.3 Å². The molecule has 0 bridgehead atoms. The molecule has 4 rings (SSSR count). The summed E-state index contributed by atoms with van der Waals surface area (Å²) in [5.41, 5.74) is 0.290. The minimum Gasteiger partial charge on any atom is -0.493 e. The number of hydrogen-bond acceptors (Lipinski definition) is 7. The van der Waals surface area contributed by atoms with E-state index < -0.39 is 22.5 Å². The highest BCUT2D eigenvalue weighted by Gasteiger charge is 2.28. The smallest absolute Gasteiger partial charge is 0.264 e. The number of methoxy groups -OCH3 is 1. The van der Waals surface area contributed by atoms with Gasteiger partial charge in [0.2, 0.25) is 5.91 Å².